The number of imidazole rings is 2. The lowest BCUT2D eigenvalue weighted by atomic mass is 10.2. The van der Waals surface area contributed by atoms with E-state index in [0.717, 1.165) is 22.1 Å². The van der Waals surface area contributed by atoms with Crippen LogP contribution in [0, 0.1) is 0 Å². The van der Waals surface area contributed by atoms with Gasteiger partial charge in [-0.3, -0.25) is 9.59 Å². The molecule has 0 saturated carbocycles. The first-order chi connectivity index (χ1) is 17.8. The van der Waals surface area contributed by atoms with Crippen molar-refractivity contribution in [2.45, 2.75) is 10.3 Å². The Balaban J connectivity index is 1.12. The number of nitrogens with zero attached hydrogens (tertiary/aromatic N) is 2. The third kappa shape index (κ3) is 6.52. The number of nitrogens with one attached hydrogen (secondary N) is 4. The summed E-state index contributed by atoms with van der Waals surface area (Å²) in [7, 11) is 0. The molecule has 0 fully saturated rings. The first-order valence-corrected chi connectivity index (χ1v) is 13.9. The molecule has 0 bridgehead atoms. The highest BCUT2D eigenvalue weighted by Crippen LogP contribution is 2.27. The third-order valence-corrected chi connectivity index (χ3v) is 7.58. The van der Waals surface area contributed by atoms with Crippen molar-refractivity contribution in [3.05, 3.63) is 69.7 Å². The number of rotatable bonds is 8. The van der Waals surface area contributed by atoms with Gasteiger partial charge in [0.1, 0.15) is 0 Å². The average molecular weight is 592 g/mol. The van der Waals surface area contributed by atoms with Crippen molar-refractivity contribution in [1.29, 1.82) is 0 Å². The molecule has 0 saturated heterocycles. The molecule has 13 heteroatoms. The number of carbonyl (C=O) groups is 2. The first-order valence-electron chi connectivity index (χ1n) is 10.8. The predicted molar refractivity (Wildman–Crippen MR) is 152 cm³/mol. The van der Waals surface area contributed by atoms with Crippen molar-refractivity contribution in [2.75, 3.05) is 22.1 Å². The molecule has 37 heavy (non-hydrogen) atoms. The van der Waals surface area contributed by atoms with Crippen LogP contribution in [0.5, 0.6) is 0 Å². The summed E-state index contributed by atoms with van der Waals surface area (Å²) in [6, 6.07) is 15.6. The van der Waals surface area contributed by atoms with Gasteiger partial charge in [-0.15, -0.1) is 0 Å². The lowest BCUT2D eigenvalue weighted by Gasteiger charge is -2.10. The van der Waals surface area contributed by atoms with E-state index in [1.165, 1.54) is 23.5 Å². The minimum absolute atomic E-state index is 0.133. The number of hydrogen-bond acceptors (Lipinski definition) is 6. The minimum Gasteiger partial charge on any atom is -0.333 e. The van der Waals surface area contributed by atoms with E-state index in [1.807, 2.05) is 12.1 Å². The van der Waals surface area contributed by atoms with Crippen molar-refractivity contribution in [1.82, 2.24) is 19.9 Å². The van der Waals surface area contributed by atoms with E-state index >= 15 is 0 Å². The summed E-state index contributed by atoms with van der Waals surface area (Å²) < 4.78 is 0. The summed E-state index contributed by atoms with van der Waals surface area (Å²) in [5, 5.41) is 8.32. The molecule has 3 aromatic carbocycles. The van der Waals surface area contributed by atoms with Crippen molar-refractivity contribution >= 4 is 104 Å². The van der Waals surface area contributed by atoms with Crippen LogP contribution in [0.1, 0.15) is 0 Å². The molecule has 5 aromatic rings. The topological polar surface area (TPSA) is 116 Å². The number of hydrogen-bond donors (Lipinski definition) is 4. The quantitative estimate of drug-likeness (QED) is 0.147. The van der Waals surface area contributed by atoms with Gasteiger partial charge in [0, 0.05) is 15.7 Å². The summed E-state index contributed by atoms with van der Waals surface area (Å²) in [6.45, 7) is 0. The number of aromatic nitrogens is 4. The zero-order valence-corrected chi connectivity index (χ0v) is 22.7. The molecule has 2 heterocycles. The normalized spacial score (nSPS) is 11.2. The van der Waals surface area contributed by atoms with Crippen molar-refractivity contribution in [2.24, 2.45) is 0 Å². The van der Waals surface area contributed by atoms with Crippen LogP contribution >= 0.6 is 58.3 Å². The zero-order valence-electron chi connectivity index (χ0n) is 18.8. The fourth-order valence-corrected chi connectivity index (χ4v) is 5.34. The molecule has 8 nitrogen and oxygen atoms in total. The van der Waals surface area contributed by atoms with Gasteiger partial charge in [-0.2, -0.15) is 0 Å². The summed E-state index contributed by atoms with van der Waals surface area (Å²) >= 11 is 20.9. The van der Waals surface area contributed by atoms with Gasteiger partial charge in [-0.25, -0.2) is 9.97 Å². The Bertz CT molecular complexity index is 1640. The number of amides is 2. The van der Waals surface area contributed by atoms with E-state index < -0.39 is 0 Å². The summed E-state index contributed by atoms with van der Waals surface area (Å²) in [6.07, 6.45) is 0. The number of halogens is 3. The highest BCUT2D eigenvalue weighted by Gasteiger charge is 2.12. The molecule has 0 aliphatic heterocycles. The Morgan fingerprint density at radius 3 is 1.81 bits per heavy atom. The average Bonchev–Trinajstić information content (AvgIpc) is 3.45. The van der Waals surface area contributed by atoms with Crippen LogP contribution in [-0.4, -0.2) is 43.3 Å². The fraction of sp³-hybridized carbons (Fsp3) is 0.0833. The number of thioether (sulfide) groups is 2. The Labute approximate surface area is 234 Å². The molecule has 5 rings (SSSR count). The number of fused-ring (bicyclic) bond motifs is 2. The van der Waals surface area contributed by atoms with Gasteiger partial charge in [0.05, 0.1) is 44.3 Å². The van der Waals surface area contributed by atoms with Gasteiger partial charge in [-0.05, 0) is 54.6 Å². The van der Waals surface area contributed by atoms with E-state index in [2.05, 4.69) is 30.6 Å². The molecule has 2 amide bonds. The molecule has 0 radical (unpaired) electrons. The molecule has 2 aromatic heterocycles. The lowest BCUT2D eigenvalue weighted by Crippen LogP contribution is -2.16. The maximum Gasteiger partial charge on any atom is 0.234 e. The SMILES string of the molecule is O=C(CSc1nc2ccc(Cl)cc2[nH]1)Nc1ccc(NC(=O)CSc2nc3ccc(Cl)cc3[nH]2)c(Cl)c1. The Morgan fingerprint density at radius 1 is 0.730 bits per heavy atom. The number of aromatic amines is 2. The number of benzene rings is 3. The van der Waals surface area contributed by atoms with Crippen molar-refractivity contribution < 1.29 is 9.59 Å². The Morgan fingerprint density at radius 2 is 1.27 bits per heavy atom. The van der Waals surface area contributed by atoms with Crippen LogP contribution < -0.4 is 10.6 Å². The van der Waals surface area contributed by atoms with Gasteiger partial charge in [0.15, 0.2) is 10.3 Å². The number of carbonyl (C=O) groups excluding carboxylic acids is 2. The molecule has 0 aliphatic carbocycles. The van der Waals surface area contributed by atoms with Gasteiger partial charge >= 0.3 is 0 Å². The first kappa shape index (κ1) is 25.7. The van der Waals surface area contributed by atoms with E-state index in [4.69, 9.17) is 34.8 Å². The highest BCUT2D eigenvalue weighted by molar-refractivity contribution is 8.00. The number of H-pyrrole nitrogens is 2. The molecular weight excluding hydrogens is 575 g/mol. The van der Waals surface area contributed by atoms with E-state index in [9.17, 15) is 9.59 Å². The molecule has 0 unspecified atom stereocenters. The molecular formula is C24H17Cl3N6O2S2. The van der Waals surface area contributed by atoms with Gasteiger partial charge in [-0.1, -0.05) is 58.3 Å². The van der Waals surface area contributed by atoms with Gasteiger partial charge in [0.25, 0.3) is 0 Å². The maximum atomic E-state index is 12.4. The summed E-state index contributed by atoms with van der Waals surface area (Å²) in [4.78, 5) is 40.0. The van der Waals surface area contributed by atoms with Crippen LogP contribution in [0.25, 0.3) is 22.1 Å². The minimum atomic E-state index is -0.245. The maximum absolute atomic E-state index is 12.4. The fourth-order valence-electron chi connectivity index (χ4n) is 3.40. The summed E-state index contributed by atoms with van der Waals surface area (Å²) in [5.74, 6) is -0.187. The van der Waals surface area contributed by atoms with Crippen molar-refractivity contribution in [3.63, 3.8) is 0 Å². The molecule has 0 aliphatic rings. The van der Waals surface area contributed by atoms with E-state index in [0.29, 0.717) is 36.8 Å². The molecule has 0 spiro atoms. The second kappa shape index (κ2) is 11.2. The van der Waals surface area contributed by atoms with E-state index in [-0.39, 0.29) is 23.3 Å². The van der Waals surface area contributed by atoms with E-state index in [1.54, 1.807) is 42.5 Å². The van der Waals surface area contributed by atoms with Crippen LogP contribution in [0.15, 0.2) is 64.9 Å². The molecule has 188 valence electrons. The van der Waals surface area contributed by atoms with Crippen LogP contribution in [0.2, 0.25) is 15.1 Å². The largest absolute Gasteiger partial charge is 0.333 e. The standard InChI is InChI=1S/C24H17Cl3N6O2S2/c25-12-1-4-17-19(7-12)32-23(30-17)36-10-21(34)28-14-3-6-16(15(27)9-14)29-22(35)11-37-24-31-18-5-2-13(26)8-20(18)33-24/h1-9H,10-11H2,(H,28,34)(H,29,35)(H,30,32)(H,31,33). The summed E-state index contributed by atoms with van der Waals surface area (Å²) in [5.41, 5.74) is 4.11. The monoisotopic (exact) mass is 590 g/mol. The smallest absolute Gasteiger partial charge is 0.234 e. The lowest BCUT2D eigenvalue weighted by molar-refractivity contribution is -0.114. The van der Waals surface area contributed by atoms with Crippen molar-refractivity contribution in [3.8, 4) is 0 Å². The zero-order chi connectivity index (χ0) is 25.9. The second-order valence-electron chi connectivity index (χ2n) is 7.78. The van der Waals surface area contributed by atoms with Gasteiger partial charge in [0.2, 0.25) is 11.8 Å². The van der Waals surface area contributed by atoms with Crippen LogP contribution in [0.4, 0.5) is 11.4 Å². The van der Waals surface area contributed by atoms with Crippen LogP contribution in [-0.2, 0) is 9.59 Å². The third-order valence-electron chi connectivity index (χ3n) is 5.05. The number of anilines is 2. The molecule has 4 N–H and O–H groups in total. The predicted octanol–water partition coefficient (Wildman–Crippen LogP) is 6.86. The molecule has 0 atom stereocenters. The Hall–Kier alpha value is -2.89. The highest BCUT2D eigenvalue weighted by atomic mass is 35.5. The second-order valence-corrected chi connectivity index (χ2v) is 11.0. The van der Waals surface area contributed by atoms with Gasteiger partial charge < -0.3 is 20.6 Å². The van der Waals surface area contributed by atoms with Crippen LogP contribution in [0.3, 0.4) is 0 Å². The Kier molecular flexibility index (Phi) is 7.82.